The number of hydrogen-bond acceptors (Lipinski definition) is 6. The Labute approximate surface area is 155 Å². The van der Waals surface area contributed by atoms with E-state index in [0.717, 1.165) is 15.2 Å². The number of aryl methyl sites for hydroxylation is 1. The summed E-state index contributed by atoms with van der Waals surface area (Å²) in [5.74, 6) is 1.04. The fourth-order valence-electron chi connectivity index (χ4n) is 2.44. The number of carbonyl (C=O) groups excluding carboxylic acids is 1. The van der Waals surface area contributed by atoms with Crippen molar-refractivity contribution in [2.24, 2.45) is 0 Å². The van der Waals surface area contributed by atoms with Crippen molar-refractivity contribution in [3.8, 4) is 11.5 Å². The Kier molecular flexibility index (Phi) is 5.70. The van der Waals surface area contributed by atoms with Crippen molar-refractivity contribution in [3.05, 3.63) is 53.0 Å². The van der Waals surface area contributed by atoms with Crippen LogP contribution in [0.15, 0.2) is 42.5 Å². The monoisotopic (exact) mass is 372 g/mol. The number of methoxy groups -OCH3 is 1. The van der Waals surface area contributed by atoms with E-state index in [2.05, 4.69) is 10.3 Å². The van der Waals surface area contributed by atoms with Crippen LogP contribution in [-0.4, -0.2) is 42.4 Å². The van der Waals surface area contributed by atoms with Crippen LogP contribution in [0, 0.1) is 6.92 Å². The lowest BCUT2D eigenvalue weighted by molar-refractivity contribution is 0.0843. The van der Waals surface area contributed by atoms with E-state index in [1.807, 2.05) is 25.1 Å². The number of aliphatic hydroxyl groups excluding tert-OH is 1. The van der Waals surface area contributed by atoms with Crippen molar-refractivity contribution >= 4 is 27.5 Å². The minimum Gasteiger partial charge on any atom is -0.497 e. The SMILES string of the molecule is COc1cccc(OCC(O)CNC(=O)c2ccc3nc(C)sc3c2)c1. The number of aromatic nitrogens is 1. The van der Waals surface area contributed by atoms with Crippen molar-refractivity contribution in [3.63, 3.8) is 0 Å². The molecule has 7 heteroatoms. The highest BCUT2D eigenvalue weighted by Crippen LogP contribution is 2.22. The summed E-state index contributed by atoms with van der Waals surface area (Å²) in [5.41, 5.74) is 1.43. The quantitative estimate of drug-likeness (QED) is 0.667. The normalized spacial score (nSPS) is 12.0. The number of amides is 1. The first-order chi connectivity index (χ1) is 12.5. The van der Waals surface area contributed by atoms with Gasteiger partial charge in [-0.3, -0.25) is 4.79 Å². The first kappa shape index (κ1) is 18.2. The summed E-state index contributed by atoms with van der Waals surface area (Å²) >= 11 is 1.55. The van der Waals surface area contributed by atoms with E-state index in [-0.39, 0.29) is 19.1 Å². The smallest absolute Gasteiger partial charge is 0.251 e. The lowest BCUT2D eigenvalue weighted by atomic mass is 10.2. The topological polar surface area (TPSA) is 80.7 Å². The van der Waals surface area contributed by atoms with Gasteiger partial charge in [-0.15, -0.1) is 11.3 Å². The lowest BCUT2D eigenvalue weighted by Gasteiger charge is -2.14. The summed E-state index contributed by atoms with van der Waals surface area (Å²) in [6.45, 7) is 2.10. The molecule has 0 saturated heterocycles. The van der Waals surface area contributed by atoms with Gasteiger partial charge in [0.05, 0.1) is 22.3 Å². The van der Waals surface area contributed by atoms with Crippen molar-refractivity contribution < 1.29 is 19.4 Å². The molecule has 0 aliphatic carbocycles. The second kappa shape index (κ2) is 8.16. The van der Waals surface area contributed by atoms with E-state index < -0.39 is 6.10 Å². The van der Waals surface area contributed by atoms with Crippen LogP contribution in [0.5, 0.6) is 11.5 Å². The summed E-state index contributed by atoms with van der Waals surface area (Å²) in [7, 11) is 1.58. The maximum Gasteiger partial charge on any atom is 0.251 e. The second-order valence-electron chi connectivity index (χ2n) is 5.77. The van der Waals surface area contributed by atoms with Crippen molar-refractivity contribution in [1.29, 1.82) is 0 Å². The minimum atomic E-state index is -0.820. The Morgan fingerprint density at radius 3 is 2.88 bits per heavy atom. The molecule has 2 N–H and O–H groups in total. The molecule has 0 saturated carbocycles. The molecule has 1 amide bonds. The molecule has 136 valence electrons. The lowest BCUT2D eigenvalue weighted by Crippen LogP contribution is -2.35. The van der Waals surface area contributed by atoms with Crippen LogP contribution in [0.1, 0.15) is 15.4 Å². The molecular formula is C19H20N2O4S. The van der Waals surface area contributed by atoms with E-state index in [1.165, 1.54) is 0 Å². The molecule has 1 unspecified atom stereocenters. The van der Waals surface area contributed by atoms with Gasteiger partial charge in [-0.1, -0.05) is 6.07 Å². The first-order valence-corrected chi connectivity index (χ1v) is 8.97. The average Bonchev–Trinajstić information content (AvgIpc) is 3.03. The van der Waals surface area contributed by atoms with Crippen LogP contribution in [0.4, 0.5) is 0 Å². The number of benzene rings is 2. The van der Waals surface area contributed by atoms with Crippen molar-refractivity contribution in [2.45, 2.75) is 13.0 Å². The van der Waals surface area contributed by atoms with Gasteiger partial charge in [-0.25, -0.2) is 4.98 Å². The van der Waals surface area contributed by atoms with Crippen LogP contribution >= 0.6 is 11.3 Å². The molecule has 1 aromatic heterocycles. The van der Waals surface area contributed by atoms with Gasteiger partial charge >= 0.3 is 0 Å². The van der Waals surface area contributed by atoms with Gasteiger partial charge in [0.15, 0.2) is 0 Å². The Hall–Kier alpha value is -2.64. The van der Waals surface area contributed by atoms with Gasteiger partial charge in [0.25, 0.3) is 5.91 Å². The number of ether oxygens (including phenoxy) is 2. The van der Waals surface area contributed by atoms with Crippen LogP contribution in [0.2, 0.25) is 0 Å². The van der Waals surface area contributed by atoms with Crippen LogP contribution in [0.25, 0.3) is 10.2 Å². The molecule has 0 spiro atoms. The molecular weight excluding hydrogens is 352 g/mol. The fourth-order valence-corrected chi connectivity index (χ4v) is 3.30. The molecule has 0 fully saturated rings. The van der Waals surface area contributed by atoms with Gasteiger partial charge in [0.2, 0.25) is 0 Å². The zero-order chi connectivity index (χ0) is 18.5. The fraction of sp³-hybridized carbons (Fsp3) is 0.263. The van der Waals surface area contributed by atoms with Gasteiger partial charge in [0, 0.05) is 18.2 Å². The second-order valence-corrected chi connectivity index (χ2v) is 7.00. The number of carbonyl (C=O) groups is 1. The van der Waals surface area contributed by atoms with Crippen molar-refractivity contribution in [1.82, 2.24) is 10.3 Å². The highest BCUT2D eigenvalue weighted by Gasteiger charge is 2.11. The van der Waals surface area contributed by atoms with Crippen LogP contribution < -0.4 is 14.8 Å². The summed E-state index contributed by atoms with van der Waals surface area (Å²) in [5, 5.41) is 13.7. The molecule has 3 aromatic rings. The molecule has 2 aromatic carbocycles. The summed E-state index contributed by atoms with van der Waals surface area (Å²) in [6.07, 6.45) is -0.820. The molecule has 0 bridgehead atoms. The number of aliphatic hydroxyl groups is 1. The van der Waals surface area contributed by atoms with E-state index >= 15 is 0 Å². The minimum absolute atomic E-state index is 0.0700. The van der Waals surface area contributed by atoms with Crippen LogP contribution in [-0.2, 0) is 0 Å². The third-order valence-electron chi connectivity index (χ3n) is 3.74. The van der Waals surface area contributed by atoms with Gasteiger partial charge in [-0.2, -0.15) is 0 Å². The highest BCUT2D eigenvalue weighted by molar-refractivity contribution is 7.18. The molecule has 0 aliphatic heterocycles. The highest BCUT2D eigenvalue weighted by atomic mass is 32.1. The van der Waals surface area contributed by atoms with E-state index in [0.29, 0.717) is 17.1 Å². The molecule has 1 heterocycles. The number of thiazole rings is 1. The predicted octanol–water partition coefficient (Wildman–Crippen LogP) is 2.78. The van der Waals surface area contributed by atoms with Gasteiger partial charge in [-0.05, 0) is 37.3 Å². The summed E-state index contributed by atoms with van der Waals surface area (Å²) < 4.78 is 11.6. The number of fused-ring (bicyclic) bond motifs is 1. The summed E-state index contributed by atoms with van der Waals surface area (Å²) in [4.78, 5) is 16.6. The third-order valence-corrected chi connectivity index (χ3v) is 4.67. The van der Waals surface area contributed by atoms with E-state index in [9.17, 15) is 9.90 Å². The first-order valence-electron chi connectivity index (χ1n) is 8.15. The Balaban J connectivity index is 1.51. The average molecular weight is 372 g/mol. The van der Waals surface area contributed by atoms with Gasteiger partial charge in [0.1, 0.15) is 24.2 Å². The number of nitrogens with zero attached hydrogens (tertiary/aromatic N) is 1. The molecule has 6 nitrogen and oxygen atoms in total. The maximum atomic E-state index is 12.3. The third kappa shape index (κ3) is 4.50. The molecule has 0 aliphatic rings. The van der Waals surface area contributed by atoms with E-state index in [1.54, 1.807) is 42.7 Å². The number of nitrogens with one attached hydrogen (secondary N) is 1. The predicted molar refractivity (Wildman–Crippen MR) is 101 cm³/mol. The summed E-state index contributed by atoms with van der Waals surface area (Å²) in [6, 6.07) is 12.5. The Bertz CT molecular complexity index is 909. The Morgan fingerprint density at radius 1 is 1.27 bits per heavy atom. The zero-order valence-electron chi connectivity index (χ0n) is 14.6. The molecule has 3 rings (SSSR count). The van der Waals surface area contributed by atoms with Gasteiger partial charge < -0.3 is 19.9 Å². The standard InChI is InChI=1S/C19H20N2O4S/c1-12-21-17-7-6-13(8-18(17)26-12)19(23)20-10-14(22)11-25-16-5-3-4-15(9-16)24-2/h3-9,14,22H,10-11H2,1-2H3,(H,20,23). The molecule has 26 heavy (non-hydrogen) atoms. The number of rotatable bonds is 7. The zero-order valence-corrected chi connectivity index (χ0v) is 15.4. The molecule has 0 radical (unpaired) electrons. The largest absolute Gasteiger partial charge is 0.497 e. The van der Waals surface area contributed by atoms with Crippen molar-refractivity contribution in [2.75, 3.05) is 20.3 Å². The van der Waals surface area contributed by atoms with E-state index in [4.69, 9.17) is 9.47 Å². The van der Waals surface area contributed by atoms with Crippen LogP contribution in [0.3, 0.4) is 0 Å². The maximum absolute atomic E-state index is 12.3. The Morgan fingerprint density at radius 2 is 2.08 bits per heavy atom. The molecule has 1 atom stereocenters. The number of hydrogen-bond donors (Lipinski definition) is 2.